The van der Waals surface area contributed by atoms with Crippen LogP contribution in [0.3, 0.4) is 0 Å². The molecule has 2 aliphatic rings. The highest BCUT2D eigenvalue weighted by Gasteiger charge is 2.46. The Morgan fingerprint density at radius 3 is 2.88 bits per heavy atom. The standard InChI is InChI=1S/C20H32O5/c1-2-3-4-7-14(21)10-11-16-17-12-15(8-5-6-9-20(23)24)25-19(17)13-18(16)22/h8,10-11,14,16-19,21-22H,2-7,9,12-13H2,1H3,(H,23,24)/b11-10+,15-8-/t14-,16+,17+,18+,19-/m1/s1. The van der Waals surface area contributed by atoms with E-state index in [-0.39, 0.29) is 24.4 Å². The van der Waals surface area contributed by atoms with Gasteiger partial charge in [-0.05, 0) is 25.3 Å². The van der Waals surface area contributed by atoms with Crippen LogP contribution in [0.2, 0.25) is 0 Å². The molecule has 0 bridgehead atoms. The summed E-state index contributed by atoms with van der Waals surface area (Å²) in [6, 6.07) is 0. The average molecular weight is 352 g/mol. The molecule has 0 radical (unpaired) electrons. The summed E-state index contributed by atoms with van der Waals surface area (Å²) in [5.74, 6) is 0.429. The smallest absolute Gasteiger partial charge is 0.303 e. The highest BCUT2D eigenvalue weighted by atomic mass is 16.5. The number of carboxylic acid groups (broad SMARTS) is 1. The minimum absolute atomic E-state index is 0.0238. The van der Waals surface area contributed by atoms with E-state index in [0.717, 1.165) is 37.9 Å². The first-order valence-electron chi connectivity index (χ1n) is 9.63. The molecule has 1 saturated heterocycles. The third-order valence-corrected chi connectivity index (χ3v) is 5.26. The molecular formula is C20H32O5. The van der Waals surface area contributed by atoms with E-state index < -0.39 is 18.2 Å². The number of carboxylic acids is 1. The van der Waals surface area contributed by atoms with Crippen LogP contribution in [0, 0.1) is 11.8 Å². The fraction of sp³-hybridized carbons (Fsp3) is 0.750. The van der Waals surface area contributed by atoms with Crippen molar-refractivity contribution >= 4 is 5.97 Å². The van der Waals surface area contributed by atoms with Gasteiger partial charge in [-0.25, -0.2) is 0 Å². The number of aliphatic hydroxyl groups excluding tert-OH is 2. The summed E-state index contributed by atoms with van der Waals surface area (Å²) in [6.07, 6.45) is 12.0. The van der Waals surface area contributed by atoms with Crippen LogP contribution < -0.4 is 0 Å². The maximum Gasteiger partial charge on any atom is 0.303 e. The van der Waals surface area contributed by atoms with Gasteiger partial charge >= 0.3 is 5.97 Å². The number of aliphatic hydroxyl groups is 2. The topological polar surface area (TPSA) is 87.0 Å². The van der Waals surface area contributed by atoms with Crippen LogP contribution in [0.1, 0.15) is 64.7 Å². The number of hydrogen-bond acceptors (Lipinski definition) is 4. The predicted molar refractivity (Wildman–Crippen MR) is 96.0 cm³/mol. The van der Waals surface area contributed by atoms with E-state index in [0.29, 0.717) is 19.3 Å². The summed E-state index contributed by atoms with van der Waals surface area (Å²) in [5, 5.41) is 29.0. The maximum absolute atomic E-state index is 10.5. The number of hydrogen-bond donors (Lipinski definition) is 3. The van der Waals surface area contributed by atoms with E-state index in [1.165, 1.54) is 0 Å². The van der Waals surface area contributed by atoms with Gasteiger partial charge in [0.2, 0.25) is 0 Å². The first-order chi connectivity index (χ1) is 12.0. The molecule has 0 amide bonds. The molecule has 0 aromatic rings. The number of unbranched alkanes of at least 4 members (excludes halogenated alkanes) is 3. The molecule has 25 heavy (non-hydrogen) atoms. The van der Waals surface area contributed by atoms with Gasteiger partial charge in [-0.2, -0.15) is 0 Å². The molecule has 2 rings (SSSR count). The van der Waals surface area contributed by atoms with Gasteiger partial charge < -0.3 is 20.1 Å². The first kappa shape index (κ1) is 20.0. The van der Waals surface area contributed by atoms with Crippen molar-refractivity contribution in [2.75, 3.05) is 0 Å². The van der Waals surface area contributed by atoms with Crippen molar-refractivity contribution in [1.29, 1.82) is 0 Å². The summed E-state index contributed by atoms with van der Waals surface area (Å²) < 4.78 is 5.94. The van der Waals surface area contributed by atoms with Crippen molar-refractivity contribution in [1.82, 2.24) is 0 Å². The van der Waals surface area contributed by atoms with Gasteiger partial charge in [-0.1, -0.05) is 38.3 Å². The lowest BCUT2D eigenvalue weighted by molar-refractivity contribution is -0.137. The van der Waals surface area contributed by atoms with Crippen molar-refractivity contribution in [2.24, 2.45) is 11.8 Å². The number of rotatable bonds is 10. The number of carbonyl (C=O) groups is 1. The summed E-state index contributed by atoms with van der Waals surface area (Å²) in [7, 11) is 0. The van der Waals surface area contributed by atoms with E-state index in [4.69, 9.17) is 9.84 Å². The Morgan fingerprint density at radius 2 is 2.16 bits per heavy atom. The fourth-order valence-corrected chi connectivity index (χ4v) is 3.86. The van der Waals surface area contributed by atoms with Gasteiger partial charge in [0, 0.05) is 31.1 Å². The van der Waals surface area contributed by atoms with Gasteiger partial charge in [-0.15, -0.1) is 0 Å². The van der Waals surface area contributed by atoms with E-state index in [2.05, 4.69) is 6.92 Å². The summed E-state index contributed by atoms with van der Waals surface area (Å²) in [5.41, 5.74) is 0. The Kier molecular flexibility index (Phi) is 7.97. The van der Waals surface area contributed by atoms with Crippen LogP contribution in [0.4, 0.5) is 0 Å². The Hall–Kier alpha value is -1.33. The van der Waals surface area contributed by atoms with Gasteiger partial charge in [0.05, 0.1) is 18.0 Å². The number of fused-ring (bicyclic) bond motifs is 1. The minimum atomic E-state index is -0.770. The molecule has 0 aromatic carbocycles. The zero-order chi connectivity index (χ0) is 18.2. The van der Waals surface area contributed by atoms with Crippen molar-refractivity contribution in [3.05, 3.63) is 24.0 Å². The molecular weight excluding hydrogens is 320 g/mol. The fourth-order valence-electron chi connectivity index (χ4n) is 3.86. The second-order valence-corrected chi connectivity index (χ2v) is 7.31. The zero-order valence-electron chi connectivity index (χ0n) is 15.1. The van der Waals surface area contributed by atoms with Crippen molar-refractivity contribution in [3.8, 4) is 0 Å². The van der Waals surface area contributed by atoms with Crippen LogP contribution in [0.5, 0.6) is 0 Å². The monoisotopic (exact) mass is 352 g/mol. The molecule has 3 N–H and O–H groups in total. The van der Waals surface area contributed by atoms with Crippen LogP contribution in [0.25, 0.3) is 0 Å². The molecule has 1 heterocycles. The molecule has 2 fully saturated rings. The molecule has 0 aromatic heterocycles. The molecule has 1 aliphatic carbocycles. The molecule has 0 spiro atoms. The first-order valence-corrected chi connectivity index (χ1v) is 9.63. The third-order valence-electron chi connectivity index (χ3n) is 5.26. The predicted octanol–water partition coefficient (Wildman–Crippen LogP) is 3.41. The molecule has 0 unspecified atom stereocenters. The Labute approximate surface area is 150 Å². The maximum atomic E-state index is 10.5. The highest BCUT2D eigenvalue weighted by molar-refractivity contribution is 5.66. The summed E-state index contributed by atoms with van der Waals surface area (Å²) >= 11 is 0. The van der Waals surface area contributed by atoms with Crippen LogP contribution >= 0.6 is 0 Å². The normalized spacial score (nSPS) is 31.4. The SMILES string of the molecule is CCCCC[C@@H](O)/C=C/[C@H]1[C@@H]2C/C(=C/CCCC(=O)O)O[C@@H]2C[C@@H]1O. The molecule has 5 heteroatoms. The molecule has 1 aliphatic heterocycles. The minimum Gasteiger partial charge on any atom is -0.495 e. The lowest BCUT2D eigenvalue weighted by Gasteiger charge is -2.16. The van der Waals surface area contributed by atoms with E-state index in [1.807, 2.05) is 18.2 Å². The lowest BCUT2D eigenvalue weighted by Crippen LogP contribution is -2.18. The van der Waals surface area contributed by atoms with E-state index in [1.54, 1.807) is 0 Å². The van der Waals surface area contributed by atoms with E-state index in [9.17, 15) is 15.0 Å². The van der Waals surface area contributed by atoms with Gasteiger partial charge in [0.15, 0.2) is 0 Å². The average Bonchev–Trinajstić information content (AvgIpc) is 3.06. The molecule has 5 atom stereocenters. The largest absolute Gasteiger partial charge is 0.495 e. The van der Waals surface area contributed by atoms with E-state index >= 15 is 0 Å². The molecule has 1 saturated carbocycles. The quantitative estimate of drug-likeness (QED) is 0.414. The second-order valence-electron chi connectivity index (χ2n) is 7.31. The summed E-state index contributed by atoms with van der Waals surface area (Å²) in [6.45, 7) is 2.14. The van der Waals surface area contributed by atoms with Crippen LogP contribution in [-0.4, -0.2) is 39.6 Å². The second kappa shape index (κ2) is 9.97. The summed E-state index contributed by atoms with van der Waals surface area (Å²) in [4.78, 5) is 10.5. The number of aliphatic carboxylic acids is 1. The van der Waals surface area contributed by atoms with Crippen LogP contribution in [0.15, 0.2) is 24.0 Å². The van der Waals surface area contributed by atoms with Gasteiger partial charge in [0.25, 0.3) is 0 Å². The molecule has 5 nitrogen and oxygen atoms in total. The number of allylic oxidation sites excluding steroid dienone is 2. The third kappa shape index (κ3) is 6.15. The van der Waals surface area contributed by atoms with Gasteiger partial charge in [-0.3, -0.25) is 4.79 Å². The lowest BCUT2D eigenvalue weighted by atomic mass is 9.90. The van der Waals surface area contributed by atoms with Crippen molar-refractivity contribution in [3.63, 3.8) is 0 Å². The molecule has 142 valence electrons. The Balaban J connectivity index is 1.83. The van der Waals surface area contributed by atoms with Gasteiger partial charge in [0.1, 0.15) is 6.10 Å². The Morgan fingerprint density at radius 1 is 1.36 bits per heavy atom. The Bertz CT molecular complexity index is 484. The van der Waals surface area contributed by atoms with Crippen molar-refractivity contribution < 1.29 is 24.9 Å². The highest BCUT2D eigenvalue weighted by Crippen LogP contribution is 2.45. The zero-order valence-corrected chi connectivity index (χ0v) is 15.1. The van der Waals surface area contributed by atoms with Crippen LogP contribution in [-0.2, 0) is 9.53 Å². The number of ether oxygens (including phenoxy) is 1. The van der Waals surface area contributed by atoms with Crippen molar-refractivity contribution in [2.45, 2.75) is 83.0 Å².